The molecule has 0 radical (unpaired) electrons. The van der Waals surface area contributed by atoms with Crippen molar-refractivity contribution in [2.24, 2.45) is 0 Å². The number of nitrogens with zero attached hydrogens (tertiary/aromatic N) is 3. The number of nitrogens with one attached hydrogen (secondary N) is 2. The number of nitro benzene ring substituents is 1. The molecule has 0 aliphatic heterocycles. The molecule has 0 spiro atoms. The lowest BCUT2D eigenvalue weighted by atomic mass is 10.2. The van der Waals surface area contributed by atoms with Crippen LogP contribution in [0.5, 0.6) is 5.75 Å². The molecule has 1 aromatic carbocycles. The summed E-state index contributed by atoms with van der Waals surface area (Å²) in [6.07, 6.45) is 2.29. The summed E-state index contributed by atoms with van der Waals surface area (Å²) in [7, 11) is 1.44. The van der Waals surface area contributed by atoms with E-state index in [0.29, 0.717) is 16.1 Å². The molecule has 11 heteroatoms. The van der Waals surface area contributed by atoms with E-state index in [1.54, 1.807) is 6.92 Å². The molecule has 1 amide bonds. The number of aromatic nitrogens is 2. The second kappa shape index (κ2) is 7.87. The zero-order valence-corrected chi connectivity index (χ0v) is 15.7. The number of anilines is 2. The predicted molar refractivity (Wildman–Crippen MR) is 100 cm³/mol. The molecule has 138 valence electrons. The molecule has 2 aromatic rings. The average molecular weight is 395 g/mol. The Hall–Kier alpha value is -2.40. The molecule has 0 bridgehead atoms. The molecule has 1 aromatic heterocycles. The fourth-order valence-corrected chi connectivity index (χ4v) is 4.04. The van der Waals surface area contributed by atoms with Gasteiger partial charge in [-0.25, -0.2) is 0 Å². The molecule has 1 aliphatic carbocycles. The Morgan fingerprint density at radius 1 is 1.46 bits per heavy atom. The van der Waals surface area contributed by atoms with Crippen LogP contribution in [-0.2, 0) is 4.79 Å². The van der Waals surface area contributed by atoms with E-state index in [-0.39, 0.29) is 17.3 Å². The molecule has 1 heterocycles. The highest BCUT2D eigenvalue weighted by molar-refractivity contribution is 8.02. The van der Waals surface area contributed by atoms with Crippen molar-refractivity contribution in [2.45, 2.75) is 35.4 Å². The maximum Gasteiger partial charge on any atom is 0.271 e. The lowest BCUT2D eigenvalue weighted by molar-refractivity contribution is -0.384. The first-order valence-electron chi connectivity index (χ1n) is 7.86. The number of ether oxygens (including phenoxy) is 1. The lowest BCUT2D eigenvalue weighted by Crippen LogP contribution is -2.22. The van der Waals surface area contributed by atoms with E-state index in [1.165, 1.54) is 48.4 Å². The number of thioether (sulfide) groups is 1. The number of methoxy groups -OCH3 is 1. The molecule has 2 N–H and O–H groups in total. The maximum absolute atomic E-state index is 12.4. The highest BCUT2D eigenvalue weighted by atomic mass is 32.2. The molecular formula is C15H17N5O4S2. The van der Waals surface area contributed by atoms with E-state index < -0.39 is 10.2 Å². The van der Waals surface area contributed by atoms with Crippen LogP contribution in [0.1, 0.15) is 19.8 Å². The normalized spacial score (nSPS) is 14.5. The quantitative estimate of drug-likeness (QED) is 0.397. The van der Waals surface area contributed by atoms with E-state index in [2.05, 4.69) is 20.8 Å². The second-order valence-electron chi connectivity index (χ2n) is 5.68. The van der Waals surface area contributed by atoms with Gasteiger partial charge in [0.15, 0.2) is 4.34 Å². The van der Waals surface area contributed by atoms with Gasteiger partial charge in [0.2, 0.25) is 11.0 Å². The molecular weight excluding hydrogens is 378 g/mol. The van der Waals surface area contributed by atoms with Gasteiger partial charge in [0.25, 0.3) is 5.69 Å². The maximum atomic E-state index is 12.4. The van der Waals surface area contributed by atoms with Crippen LogP contribution in [0.3, 0.4) is 0 Å². The van der Waals surface area contributed by atoms with Crippen molar-refractivity contribution < 1.29 is 14.5 Å². The van der Waals surface area contributed by atoms with Crippen molar-refractivity contribution in [1.82, 2.24) is 10.2 Å². The van der Waals surface area contributed by atoms with Gasteiger partial charge < -0.3 is 15.4 Å². The van der Waals surface area contributed by atoms with E-state index in [1.807, 2.05) is 0 Å². The Bertz CT molecular complexity index is 824. The smallest absolute Gasteiger partial charge is 0.271 e. The zero-order chi connectivity index (χ0) is 18.7. The summed E-state index contributed by atoms with van der Waals surface area (Å²) in [5.74, 6) is 0.0497. The van der Waals surface area contributed by atoms with Crippen LogP contribution >= 0.6 is 23.1 Å². The van der Waals surface area contributed by atoms with Gasteiger partial charge in [-0.05, 0) is 25.8 Å². The summed E-state index contributed by atoms with van der Waals surface area (Å²) in [4.78, 5) is 22.8. The summed E-state index contributed by atoms with van der Waals surface area (Å²) >= 11 is 2.68. The number of carbonyl (C=O) groups excluding carboxylic acids is 1. The number of benzene rings is 1. The molecule has 1 saturated carbocycles. The Morgan fingerprint density at radius 2 is 2.23 bits per heavy atom. The van der Waals surface area contributed by atoms with Crippen molar-refractivity contribution in [3.63, 3.8) is 0 Å². The highest BCUT2D eigenvalue weighted by Crippen LogP contribution is 2.33. The minimum absolute atomic E-state index is 0.124. The molecule has 1 aliphatic rings. The Balaban J connectivity index is 1.64. The van der Waals surface area contributed by atoms with E-state index in [0.717, 1.165) is 18.0 Å². The number of rotatable bonds is 8. The summed E-state index contributed by atoms with van der Waals surface area (Å²) in [6, 6.07) is 4.54. The minimum atomic E-state index is -0.525. The number of hydrogen-bond donors (Lipinski definition) is 2. The third-order valence-corrected chi connectivity index (χ3v) is 5.65. The average Bonchev–Trinajstić information content (AvgIpc) is 3.32. The fourth-order valence-electron chi connectivity index (χ4n) is 2.06. The van der Waals surface area contributed by atoms with Gasteiger partial charge >= 0.3 is 0 Å². The van der Waals surface area contributed by atoms with Gasteiger partial charge in [-0.15, -0.1) is 10.2 Å². The van der Waals surface area contributed by atoms with Crippen LogP contribution in [0.25, 0.3) is 0 Å². The molecule has 0 saturated heterocycles. The Morgan fingerprint density at radius 3 is 2.88 bits per heavy atom. The molecule has 3 rings (SSSR count). The lowest BCUT2D eigenvalue weighted by Gasteiger charge is -2.13. The van der Waals surface area contributed by atoms with Gasteiger partial charge in [0.1, 0.15) is 5.75 Å². The highest BCUT2D eigenvalue weighted by Gasteiger charge is 2.24. The van der Waals surface area contributed by atoms with Crippen LogP contribution in [0.15, 0.2) is 22.5 Å². The van der Waals surface area contributed by atoms with Gasteiger partial charge in [-0.2, -0.15) is 0 Å². The van der Waals surface area contributed by atoms with Crippen molar-refractivity contribution in [3.05, 3.63) is 28.3 Å². The Kier molecular flexibility index (Phi) is 5.57. The topological polar surface area (TPSA) is 119 Å². The second-order valence-corrected chi connectivity index (χ2v) is 8.25. The largest absolute Gasteiger partial charge is 0.495 e. The third kappa shape index (κ3) is 4.61. The standard InChI is InChI=1S/C15H17N5O4S2/c1-8(25-15-19-18-14(26-15)16-9-3-4-9)13(21)17-11-7-10(20(22)23)5-6-12(11)24-2/h5-9H,3-4H2,1-2H3,(H,16,18)(H,17,21). The summed E-state index contributed by atoms with van der Waals surface area (Å²) in [5, 5.41) is 25.3. The van der Waals surface area contributed by atoms with Crippen molar-refractivity contribution in [3.8, 4) is 5.75 Å². The first-order chi connectivity index (χ1) is 12.5. The van der Waals surface area contributed by atoms with E-state index >= 15 is 0 Å². The molecule has 1 unspecified atom stereocenters. The van der Waals surface area contributed by atoms with E-state index in [4.69, 9.17) is 4.74 Å². The summed E-state index contributed by atoms with van der Waals surface area (Å²) in [6.45, 7) is 1.74. The number of hydrogen-bond acceptors (Lipinski definition) is 9. The molecule has 1 atom stereocenters. The number of carbonyl (C=O) groups is 1. The van der Waals surface area contributed by atoms with Crippen molar-refractivity contribution in [1.29, 1.82) is 0 Å². The Labute approximate surface area is 157 Å². The minimum Gasteiger partial charge on any atom is -0.495 e. The third-order valence-electron chi connectivity index (χ3n) is 3.61. The summed E-state index contributed by atoms with van der Waals surface area (Å²) in [5.41, 5.74) is 0.133. The SMILES string of the molecule is COc1ccc([N+](=O)[O-])cc1NC(=O)C(C)Sc1nnc(NC2CC2)s1. The van der Waals surface area contributed by atoms with E-state index in [9.17, 15) is 14.9 Å². The van der Waals surface area contributed by atoms with Crippen LogP contribution in [0.4, 0.5) is 16.5 Å². The number of amides is 1. The zero-order valence-electron chi connectivity index (χ0n) is 14.1. The molecule has 9 nitrogen and oxygen atoms in total. The van der Waals surface area contributed by atoms with Gasteiger partial charge in [-0.1, -0.05) is 23.1 Å². The van der Waals surface area contributed by atoms with Gasteiger partial charge in [0.05, 0.1) is 23.0 Å². The van der Waals surface area contributed by atoms with Gasteiger partial charge in [-0.3, -0.25) is 14.9 Å². The monoisotopic (exact) mass is 395 g/mol. The van der Waals surface area contributed by atoms with Crippen LogP contribution < -0.4 is 15.4 Å². The molecule has 26 heavy (non-hydrogen) atoms. The first kappa shape index (κ1) is 18.4. The van der Waals surface area contributed by atoms with Crippen LogP contribution in [0, 0.1) is 10.1 Å². The van der Waals surface area contributed by atoms with Crippen LogP contribution in [0.2, 0.25) is 0 Å². The van der Waals surface area contributed by atoms with Crippen molar-refractivity contribution in [2.75, 3.05) is 17.7 Å². The summed E-state index contributed by atoms with van der Waals surface area (Å²) < 4.78 is 5.83. The predicted octanol–water partition coefficient (Wildman–Crippen LogP) is 3.15. The number of nitro groups is 1. The first-order valence-corrected chi connectivity index (χ1v) is 9.56. The van der Waals surface area contributed by atoms with Crippen molar-refractivity contribution >= 4 is 45.5 Å². The van der Waals surface area contributed by atoms with Crippen LogP contribution in [-0.4, -0.2) is 39.4 Å². The molecule has 1 fully saturated rings. The number of non-ortho nitro benzene ring substituents is 1. The fraction of sp³-hybridized carbons (Fsp3) is 0.400. The van der Waals surface area contributed by atoms with Gasteiger partial charge in [0, 0.05) is 18.2 Å².